The molecule has 0 unspecified atom stereocenters. The summed E-state index contributed by atoms with van der Waals surface area (Å²) in [6, 6.07) is 10.4. The molecule has 25 heavy (non-hydrogen) atoms. The fourth-order valence-electron chi connectivity index (χ4n) is 3.04. The van der Waals surface area contributed by atoms with Crippen LogP contribution in [0.2, 0.25) is 0 Å². The summed E-state index contributed by atoms with van der Waals surface area (Å²) in [7, 11) is -1.23. The zero-order chi connectivity index (χ0) is 17.4. The second-order valence-electron chi connectivity index (χ2n) is 5.98. The summed E-state index contributed by atoms with van der Waals surface area (Å²) in [5.74, 6) is -0.796. The molecule has 1 aromatic heterocycles. The standard InChI is InChI=1S/C18H14BFN2O3/c20-16-6-11(5-14-10-25-19(24)18(14)16)7-17(23)22-15-2-1-13-9-21-4-3-12(13)8-15/h1-6,8-9,24H,7,10H2,(H,22,23). The van der Waals surface area contributed by atoms with E-state index in [4.69, 9.17) is 4.65 Å². The predicted molar refractivity (Wildman–Crippen MR) is 92.9 cm³/mol. The quantitative estimate of drug-likeness (QED) is 0.715. The number of amides is 1. The van der Waals surface area contributed by atoms with E-state index in [0.29, 0.717) is 16.8 Å². The van der Waals surface area contributed by atoms with E-state index in [1.807, 2.05) is 18.2 Å². The molecule has 1 aliphatic heterocycles. The highest BCUT2D eigenvalue weighted by Gasteiger charge is 2.31. The van der Waals surface area contributed by atoms with E-state index in [0.717, 1.165) is 10.8 Å². The normalized spacial score (nSPS) is 13.1. The number of anilines is 1. The van der Waals surface area contributed by atoms with Crippen LogP contribution >= 0.6 is 0 Å². The lowest BCUT2D eigenvalue weighted by molar-refractivity contribution is -0.115. The largest absolute Gasteiger partial charge is 0.494 e. The van der Waals surface area contributed by atoms with Crippen LogP contribution < -0.4 is 10.8 Å². The minimum Gasteiger partial charge on any atom is -0.423 e. The number of rotatable bonds is 3. The number of fused-ring (bicyclic) bond motifs is 2. The Balaban J connectivity index is 1.51. The maximum absolute atomic E-state index is 14.1. The van der Waals surface area contributed by atoms with E-state index in [-0.39, 0.29) is 24.4 Å². The molecule has 0 radical (unpaired) electrons. The van der Waals surface area contributed by atoms with Crippen molar-refractivity contribution in [1.82, 2.24) is 4.98 Å². The van der Waals surface area contributed by atoms with Crippen LogP contribution in [0.1, 0.15) is 11.1 Å². The lowest BCUT2D eigenvalue weighted by Gasteiger charge is -2.08. The van der Waals surface area contributed by atoms with Crippen molar-refractivity contribution < 1.29 is 18.9 Å². The van der Waals surface area contributed by atoms with Gasteiger partial charge >= 0.3 is 7.12 Å². The highest BCUT2D eigenvalue weighted by molar-refractivity contribution is 6.61. The number of nitrogens with zero attached hydrogens (tertiary/aromatic N) is 1. The van der Waals surface area contributed by atoms with E-state index in [2.05, 4.69) is 10.3 Å². The van der Waals surface area contributed by atoms with E-state index >= 15 is 0 Å². The van der Waals surface area contributed by atoms with E-state index in [1.54, 1.807) is 24.5 Å². The van der Waals surface area contributed by atoms with Gasteiger partial charge < -0.3 is 15.0 Å². The monoisotopic (exact) mass is 336 g/mol. The fraction of sp³-hybridized carbons (Fsp3) is 0.111. The predicted octanol–water partition coefficient (Wildman–Crippen LogP) is 1.77. The third kappa shape index (κ3) is 3.11. The Labute approximate surface area is 143 Å². The third-order valence-corrected chi connectivity index (χ3v) is 4.21. The van der Waals surface area contributed by atoms with Gasteiger partial charge in [-0.05, 0) is 40.8 Å². The second kappa shape index (κ2) is 6.27. The molecule has 0 spiro atoms. The third-order valence-electron chi connectivity index (χ3n) is 4.21. The lowest BCUT2D eigenvalue weighted by Crippen LogP contribution is -2.31. The molecule has 0 atom stereocenters. The van der Waals surface area contributed by atoms with Crippen LogP contribution in [-0.2, 0) is 22.5 Å². The van der Waals surface area contributed by atoms with Gasteiger partial charge in [0.2, 0.25) is 5.91 Å². The van der Waals surface area contributed by atoms with Gasteiger partial charge in [-0.1, -0.05) is 12.1 Å². The zero-order valence-corrected chi connectivity index (χ0v) is 13.2. The van der Waals surface area contributed by atoms with E-state index < -0.39 is 12.9 Å². The number of carbonyl (C=O) groups excluding carboxylic acids is 1. The Bertz CT molecular complexity index is 980. The smallest absolute Gasteiger partial charge is 0.423 e. The van der Waals surface area contributed by atoms with Crippen molar-refractivity contribution in [3.63, 3.8) is 0 Å². The highest BCUT2D eigenvalue weighted by atomic mass is 19.1. The number of aromatic nitrogens is 1. The summed E-state index contributed by atoms with van der Waals surface area (Å²) in [5.41, 5.74) is 1.95. The number of hydrogen-bond acceptors (Lipinski definition) is 4. The molecule has 3 aromatic rings. The van der Waals surface area contributed by atoms with Crippen LogP contribution in [-0.4, -0.2) is 23.0 Å². The van der Waals surface area contributed by atoms with Gasteiger partial charge in [-0.2, -0.15) is 0 Å². The van der Waals surface area contributed by atoms with Gasteiger partial charge in [0.25, 0.3) is 0 Å². The van der Waals surface area contributed by atoms with E-state index in [9.17, 15) is 14.2 Å². The average Bonchev–Trinajstić information content (AvgIpc) is 2.96. The molecule has 124 valence electrons. The van der Waals surface area contributed by atoms with Gasteiger partial charge in [0.05, 0.1) is 13.0 Å². The molecule has 2 aromatic carbocycles. The number of benzene rings is 2. The van der Waals surface area contributed by atoms with Crippen molar-refractivity contribution >= 4 is 34.9 Å². The summed E-state index contributed by atoms with van der Waals surface area (Å²) in [4.78, 5) is 16.3. The Kier molecular flexibility index (Phi) is 3.95. The average molecular weight is 336 g/mol. The minimum absolute atomic E-state index is 0.0364. The summed E-state index contributed by atoms with van der Waals surface area (Å²) in [6.07, 6.45) is 3.48. The molecule has 0 fully saturated rings. The topological polar surface area (TPSA) is 71.5 Å². The molecule has 7 heteroatoms. The van der Waals surface area contributed by atoms with Crippen molar-refractivity contribution in [2.24, 2.45) is 0 Å². The summed E-state index contributed by atoms with van der Waals surface area (Å²) < 4.78 is 19.1. The number of carbonyl (C=O) groups is 1. The van der Waals surface area contributed by atoms with Crippen LogP contribution in [0, 0.1) is 5.82 Å². The van der Waals surface area contributed by atoms with Crippen molar-refractivity contribution in [2.45, 2.75) is 13.0 Å². The molecule has 1 aliphatic rings. The molecule has 2 heterocycles. The molecule has 0 aliphatic carbocycles. The van der Waals surface area contributed by atoms with Gasteiger partial charge in [-0.25, -0.2) is 4.39 Å². The second-order valence-corrected chi connectivity index (χ2v) is 5.98. The SMILES string of the molecule is O=C(Cc1cc(F)c2c(c1)COB2O)Nc1ccc2cnccc2c1. The van der Waals surface area contributed by atoms with Crippen LogP contribution in [0.5, 0.6) is 0 Å². The molecule has 0 bridgehead atoms. The first-order chi connectivity index (χ1) is 12.1. The maximum Gasteiger partial charge on any atom is 0.494 e. The molecule has 2 N–H and O–H groups in total. The van der Waals surface area contributed by atoms with Gasteiger partial charge in [0, 0.05) is 28.9 Å². The van der Waals surface area contributed by atoms with Gasteiger partial charge in [0.15, 0.2) is 0 Å². The summed E-state index contributed by atoms with van der Waals surface area (Å²) >= 11 is 0. The highest BCUT2D eigenvalue weighted by Crippen LogP contribution is 2.19. The summed E-state index contributed by atoms with van der Waals surface area (Å²) in [6.45, 7) is 0.140. The van der Waals surface area contributed by atoms with E-state index in [1.165, 1.54) is 6.07 Å². The first kappa shape index (κ1) is 15.7. The Hall–Kier alpha value is -2.77. The molecular formula is C18H14BFN2O3. The van der Waals surface area contributed by atoms with Crippen molar-refractivity contribution in [3.8, 4) is 0 Å². The van der Waals surface area contributed by atoms with Crippen molar-refractivity contribution in [1.29, 1.82) is 0 Å². The maximum atomic E-state index is 14.1. The number of halogens is 1. The molecule has 5 nitrogen and oxygen atoms in total. The van der Waals surface area contributed by atoms with Crippen molar-refractivity contribution in [2.75, 3.05) is 5.32 Å². The molecule has 1 amide bonds. The van der Waals surface area contributed by atoms with Gasteiger partial charge in [-0.15, -0.1) is 0 Å². The van der Waals surface area contributed by atoms with Gasteiger partial charge in [-0.3, -0.25) is 9.78 Å². The molecule has 0 saturated carbocycles. The number of nitrogens with one attached hydrogen (secondary N) is 1. The first-order valence-electron chi connectivity index (χ1n) is 7.84. The van der Waals surface area contributed by atoms with Crippen LogP contribution in [0.15, 0.2) is 48.8 Å². The Morgan fingerprint density at radius 1 is 1.28 bits per heavy atom. The molecular weight excluding hydrogens is 322 g/mol. The lowest BCUT2D eigenvalue weighted by atomic mass is 9.78. The molecule has 4 rings (SSSR count). The Morgan fingerprint density at radius 3 is 3.04 bits per heavy atom. The van der Waals surface area contributed by atoms with Crippen LogP contribution in [0.4, 0.5) is 10.1 Å². The number of pyridine rings is 1. The minimum atomic E-state index is -1.23. The Morgan fingerprint density at radius 2 is 2.16 bits per heavy atom. The first-order valence-corrected chi connectivity index (χ1v) is 7.84. The van der Waals surface area contributed by atoms with Gasteiger partial charge in [0.1, 0.15) is 5.82 Å². The summed E-state index contributed by atoms with van der Waals surface area (Å²) in [5, 5.41) is 14.3. The van der Waals surface area contributed by atoms with Crippen molar-refractivity contribution in [3.05, 3.63) is 65.7 Å². The molecule has 0 saturated heterocycles. The van der Waals surface area contributed by atoms with Crippen LogP contribution in [0.3, 0.4) is 0 Å². The van der Waals surface area contributed by atoms with Crippen LogP contribution in [0.25, 0.3) is 10.8 Å². The zero-order valence-electron chi connectivity index (χ0n) is 13.2. The fourth-order valence-corrected chi connectivity index (χ4v) is 3.04. The number of hydrogen-bond donors (Lipinski definition) is 2.